The summed E-state index contributed by atoms with van der Waals surface area (Å²) < 4.78 is 0. The summed E-state index contributed by atoms with van der Waals surface area (Å²) in [5, 5.41) is 0. The number of carbonyl (C=O) groups excluding carboxylic acids is 1. The van der Waals surface area contributed by atoms with Crippen molar-refractivity contribution in [2.75, 3.05) is 26.2 Å². The monoisotopic (exact) mass is 274 g/mol. The first-order valence-electron chi connectivity index (χ1n) is 6.98. The molecule has 0 bridgehead atoms. The molecule has 108 valence electrons. The molecule has 0 spiro atoms. The molecular weight excluding hydrogens is 252 g/mol. The Kier molecular flexibility index (Phi) is 5.26. The van der Waals surface area contributed by atoms with Gasteiger partial charge in [0.15, 0.2) is 0 Å². The second kappa shape index (κ2) is 7.17. The van der Waals surface area contributed by atoms with Gasteiger partial charge in [0, 0.05) is 38.9 Å². The van der Waals surface area contributed by atoms with Crippen molar-refractivity contribution in [3.8, 4) is 0 Å². The molecule has 0 radical (unpaired) electrons. The van der Waals surface area contributed by atoms with Gasteiger partial charge in [-0.25, -0.2) is 0 Å². The lowest BCUT2D eigenvalue weighted by Crippen LogP contribution is -2.52. The maximum Gasteiger partial charge on any atom is 0.239 e. The third-order valence-corrected chi connectivity index (χ3v) is 3.53. The molecule has 5 nitrogen and oxygen atoms in total. The van der Waals surface area contributed by atoms with Gasteiger partial charge in [-0.05, 0) is 18.6 Å². The Morgan fingerprint density at radius 1 is 1.40 bits per heavy atom. The minimum atomic E-state index is -0.449. The Morgan fingerprint density at radius 3 is 2.75 bits per heavy atom. The summed E-state index contributed by atoms with van der Waals surface area (Å²) in [6, 6.07) is 5.49. The van der Waals surface area contributed by atoms with Crippen LogP contribution in [0.4, 0.5) is 0 Å². The second-order valence-electron chi connectivity index (χ2n) is 5.05. The molecule has 2 heterocycles. The van der Waals surface area contributed by atoms with E-state index in [9.17, 15) is 4.79 Å². The van der Waals surface area contributed by atoms with E-state index in [1.165, 1.54) is 0 Å². The first-order chi connectivity index (χ1) is 9.70. The summed E-state index contributed by atoms with van der Waals surface area (Å²) in [6.07, 6.45) is 4.04. The van der Waals surface area contributed by atoms with Crippen molar-refractivity contribution in [1.82, 2.24) is 14.8 Å². The van der Waals surface area contributed by atoms with E-state index in [1.54, 1.807) is 6.08 Å². The van der Waals surface area contributed by atoms with Gasteiger partial charge < -0.3 is 10.6 Å². The lowest BCUT2D eigenvalue weighted by Gasteiger charge is -2.35. The van der Waals surface area contributed by atoms with Crippen molar-refractivity contribution in [3.63, 3.8) is 0 Å². The maximum absolute atomic E-state index is 12.1. The summed E-state index contributed by atoms with van der Waals surface area (Å²) in [5.41, 5.74) is 6.90. The van der Waals surface area contributed by atoms with Gasteiger partial charge in [0.05, 0.1) is 11.7 Å². The molecule has 0 aromatic carbocycles. The van der Waals surface area contributed by atoms with E-state index in [2.05, 4.69) is 16.5 Å². The number of hydrogen-bond donors (Lipinski definition) is 1. The standard InChI is InChI=1S/C15H22N4O/c1-2-5-14(16)15(20)19-10-8-18(9-11-19)12-13-6-3-4-7-17-13/h2-4,6-7,14H,1,5,8-12,16H2. The first-order valence-corrected chi connectivity index (χ1v) is 6.98. The fourth-order valence-electron chi connectivity index (χ4n) is 2.36. The molecule has 1 amide bonds. The van der Waals surface area contributed by atoms with E-state index in [4.69, 9.17) is 5.73 Å². The largest absolute Gasteiger partial charge is 0.339 e. The quantitative estimate of drug-likeness (QED) is 0.800. The lowest BCUT2D eigenvalue weighted by molar-refractivity contribution is -0.134. The normalized spacial score (nSPS) is 17.8. The van der Waals surface area contributed by atoms with Crippen LogP contribution < -0.4 is 5.73 Å². The molecule has 1 aliphatic heterocycles. The highest BCUT2D eigenvalue weighted by Gasteiger charge is 2.24. The predicted molar refractivity (Wildman–Crippen MR) is 78.9 cm³/mol. The van der Waals surface area contributed by atoms with E-state index in [0.29, 0.717) is 6.42 Å². The summed E-state index contributed by atoms with van der Waals surface area (Å²) in [7, 11) is 0. The lowest BCUT2D eigenvalue weighted by atomic mass is 10.1. The molecule has 5 heteroatoms. The third kappa shape index (κ3) is 3.88. The first kappa shape index (κ1) is 14.7. The fourth-order valence-corrected chi connectivity index (χ4v) is 2.36. The van der Waals surface area contributed by atoms with Crippen LogP contribution in [0.2, 0.25) is 0 Å². The molecule has 1 saturated heterocycles. The van der Waals surface area contributed by atoms with Crippen LogP contribution in [0, 0.1) is 0 Å². The van der Waals surface area contributed by atoms with Crippen molar-refractivity contribution in [3.05, 3.63) is 42.7 Å². The molecular formula is C15H22N4O. The van der Waals surface area contributed by atoms with Gasteiger partial charge >= 0.3 is 0 Å². The van der Waals surface area contributed by atoms with Crippen LogP contribution in [0.15, 0.2) is 37.1 Å². The summed E-state index contributed by atoms with van der Waals surface area (Å²) >= 11 is 0. The molecule has 1 aromatic heterocycles. The average molecular weight is 274 g/mol. The molecule has 1 aliphatic rings. The number of pyridine rings is 1. The molecule has 2 N–H and O–H groups in total. The van der Waals surface area contributed by atoms with Crippen LogP contribution in [0.1, 0.15) is 12.1 Å². The van der Waals surface area contributed by atoms with E-state index in [0.717, 1.165) is 38.4 Å². The van der Waals surface area contributed by atoms with Crippen molar-refractivity contribution >= 4 is 5.91 Å². The topological polar surface area (TPSA) is 62.5 Å². The fraction of sp³-hybridized carbons (Fsp3) is 0.467. The highest BCUT2D eigenvalue weighted by atomic mass is 16.2. The van der Waals surface area contributed by atoms with Crippen LogP contribution in [-0.4, -0.2) is 52.9 Å². The Bertz CT molecular complexity index is 440. The minimum Gasteiger partial charge on any atom is -0.339 e. The summed E-state index contributed by atoms with van der Waals surface area (Å²) in [6.45, 7) is 7.65. The van der Waals surface area contributed by atoms with Gasteiger partial charge in [-0.3, -0.25) is 14.7 Å². The van der Waals surface area contributed by atoms with Crippen LogP contribution in [0.3, 0.4) is 0 Å². The Balaban J connectivity index is 1.80. The van der Waals surface area contributed by atoms with Gasteiger partial charge in [0.25, 0.3) is 0 Å². The van der Waals surface area contributed by atoms with E-state index in [-0.39, 0.29) is 5.91 Å². The van der Waals surface area contributed by atoms with Crippen LogP contribution in [-0.2, 0) is 11.3 Å². The highest BCUT2D eigenvalue weighted by Crippen LogP contribution is 2.08. The zero-order valence-corrected chi connectivity index (χ0v) is 11.7. The molecule has 1 aromatic rings. The molecule has 1 unspecified atom stereocenters. The van der Waals surface area contributed by atoms with Crippen molar-refractivity contribution < 1.29 is 4.79 Å². The Morgan fingerprint density at radius 2 is 2.15 bits per heavy atom. The van der Waals surface area contributed by atoms with Crippen LogP contribution in [0.25, 0.3) is 0 Å². The van der Waals surface area contributed by atoms with Crippen molar-refractivity contribution in [1.29, 1.82) is 0 Å². The highest BCUT2D eigenvalue weighted by molar-refractivity contribution is 5.81. The van der Waals surface area contributed by atoms with Gasteiger partial charge in [0.1, 0.15) is 0 Å². The van der Waals surface area contributed by atoms with Gasteiger partial charge in [-0.1, -0.05) is 12.1 Å². The number of nitrogens with zero attached hydrogens (tertiary/aromatic N) is 3. The molecule has 1 fully saturated rings. The number of aromatic nitrogens is 1. The number of piperazine rings is 1. The SMILES string of the molecule is C=CCC(N)C(=O)N1CCN(Cc2ccccn2)CC1. The maximum atomic E-state index is 12.1. The molecule has 0 saturated carbocycles. The number of carbonyl (C=O) groups is 1. The average Bonchev–Trinajstić information content (AvgIpc) is 2.48. The zero-order valence-electron chi connectivity index (χ0n) is 11.7. The number of rotatable bonds is 5. The van der Waals surface area contributed by atoms with E-state index in [1.807, 2.05) is 29.3 Å². The molecule has 20 heavy (non-hydrogen) atoms. The van der Waals surface area contributed by atoms with Gasteiger partial charge in [0.2, 0.25) is 5.91 Å². The Labute approximate surface area is 120 Å². The van der Waals surface area contributed by atoms with Crippen molar-refractivity contribution in [2.45, 2.75) is 19.0 Å². The smallest absolute Gasteiger partial charge is 0.239 e. The molecule has 0 aliphatic carbocycles. The predicted octanol–water partition coefficient (Wildman–Crippen LogP) is 0.629. The molecule has 2 rings (SSSR count). The van der Waals surface area contributed by atoms with Crippen LogP contribution in [0.5, 0.6) is 0 Å². The molecule has 1 atom stereocenters. The van der Waals surface area contributed by atoms with Crippen molar-refractivity contribution in [2.24, 2.45) is 5.73 Å². The summed E-state index contributed by atoms with van der Waals surface area (Å²) in [5.74, 6) is 0.0300. The van der Waals surface area contributed by atoms with Gasteiger partial charge in [-0.15, -0.1) is 6.58 Å². The zero-order chi connectivity index (χ0) is 14.4. The second-order valence-corrected chi connectivity index (χ2v) is 5.05. The number of hydrogen-bond acceptors (Lipinski definition) is 4. The van der Waals surface area contributed by atoms with Gasteiger partial charge in [-0.2, -0.15) is 0 Å². The third-order valence-electron chi connectivity index (χ3n) is 3.53. The number of amides is 1. The van der Waals surface area contributed by atoms with Crippen LogP contribution >= 0.6 is 0 Å². The summed E-state index contributed by atoms with van der Waals surface area (Å²) in [4.78, 5) is 20.6. The van der Waals surface area contributed by atoms with E-state index < -0.39 is 6.04 Å². The Hall–Kier alpha value is -1.72. The van der Waals surface area contributed by atoms with E-state index >= 15 is 0 Å². The minimum absolute atomic E-state index is 0.0300. The number of nitrogens with two attached hydrogens (primary N) is 1.